The number of fused-ring (bicyclic) bond motifs is 1. The van der Waals surface area contributed by atoms with E-state index in [0.29, 0.717) is 0 Å². The van der Waals surface area contributed by atoms with E-state index >= 15 is 0 Å². The molecule has 0 atom stereocenters. The van der Waals surface area contributed by atoms with Gasteiger partial charge < -0.3 is 0 Å². The van der Waals surface area contributed by atoms with Gasteiger partial charge in [0.1, 0.15) is 0 Å². The lowest BCUT2D eigenvalue weighted by atomic mass is 10.3. The van der Waals surface area contributed by atoms with Gasteiger partial charge in [-0.1, -0.05) is 0 Å². The molecule has 0 aromatic carbocycles. The van der Waals surface area contributed by atoms with Crippen LogP contribution in [0.2, 0.25) is 0 Å². The van der Waals surface area contributed by atoms with Crippen molar-refractivity contribution >= 4 is 11.0 Å². The maximum atomic E-state index is 4.03. The van der Waals surface area contributed by atoms with Crippen LogP contribution in [0, 0.1) is 12.1 Å². The zero-order valence-corrected chi connectivity index (χ0v) is 5.20. The molecule has 0 aliphatic heterocycles. The van der Waals surface area contributed by atoms with Crippen molar-refractivity contribution < 1.29 is 0 Å². The second-order valence-corrected chi connectivity index (χ2v) is 1.91. The molecular weight excluding hydrogens is 124 g/mol. The molecule has 0 N–H and O–H groups in total. The molecule has 0 amide bonds. The Morgan fingerprint density at radius 2 is 1.40 bits per heavy atom. The second-order valence-electron chi connectivity index (χ2n) is 1.91. The first-order valence-electron chi connectivity index (χ1n) is 2.95. The van der Waals surface area contributed by atoms with Crippen molar-refractivity contribution in [3.8, 4) is 0 Å². The molecular formula is C8H4N2. The van der Waals surface area contributed by atoms with Gasteiger partial charge in [0.25, 0.3) is 0 Å². The molecule has 0 aliphatic carbocycles. The lowest BCUT2D eigenvalue weighted by molar-refractivity contribution is 1.33. The lowest BCUT2D eigenvalue weighted by Crippen LogP contribution is -1.78. The average Bonchev–Trinajstić information content (AvgIpc) is 2.05. The molecule has 46 valence electrons. The van der Waals surface area contributed by atoms with Gasteiger partial charge in [-0.25, -0.2) is 0 Å². The normalized spacial score (nSPS) is 10.0. The fraction of sp³-hybridized carbons (Fsp3) is 0. The molecule has 2 heteroatoms. The standard InChI is InChI=1S/C8H4N2/c1-3-7-8(9-5-1)4-2-6-10-7/h3-6H. The predicted molar refractivity (Wildman–Crippen MR) is 37.2 cm³/mol. The van der Waals surface area contributed by atoms with Crippen LogP contribution < -0.4 is 0 Å². The first-order valence-corrected chi connectivity index (χ1v) is 2.95. The van der Waals surface area contributed by atoms with Crippen molar-refractivity contribution in [2.45, 2.75) is 0 Å². The number of rotatable bonds is 0. The van der Waals surface area contributed by atoms with E-state index in [9.17, 15) is 0 Å². The van der Waals surface area contributed by atoms with Crippen LogP contribution in [0.3, 0.4) is 0 Å². The predicted octanol–water partition coefficient (Wildman–Crippen LogP) is 1.23. The Labute approximate surface area is 58.6 Å². The van der Waals surface area contributed by atoms with E-state index in [0.717, 1.165) is 11.0 Å². The summed E-state index contributed by atoms with van der Waals surface area (Å²) in [6.45, 7) is 0. The van der Waals surface area contributed by atoms with Crippen LogP contribution in [0.25, 0.3) is 11.0 Å². The third-order valence-corrected chi connectivity index (χ3v) is 1.26. The van der Waals surface area contributed by atoms with Gasteiger partial charge in [-0.05, 0) is 12.1 Å². The third kappa shape index (κ3) is 0.739. The molecule has 0 aliphatic rings. The van der Waals surface area contributed by atoms with Gasteiger partial charge in [0.2, 0.25) is 0 Å². The van der Waals surface area contributed by atoms with Gasteiger partial charge in [-0.3, -0.25) is 9.97 Å². The monoisotopic (exact) mass is 128 g/mol. The molecule has 2 nitrogen and oxygen atoms in total. The summed E-state index contributed by atoms with van der Waals surface area (Å²) < 4.78 is 0. The van der Waals surface area contributed by atoms with Crippen LogP contribution in [-0.4, -0.2) is 9.97 Å². The van der Waals surface area contributed by atoms with E-state index in [-0.39, 0.29) is 0 Å². The van der Waals surface area contributed by atoms with Gasteiger partial charge in [0, 0.05) is 24.5 Å². The summed E-state index contributed by atoms with van der Waals surface area (Å²) in [5, 5.41) is 0. The Morgan fingerprint density at radius 3 is 1.90 bits per heavy atom. The van der Waals surface area contributed by atoms with Crippen LogP contribution in [0.1, 0.15) is 0 Å². The van der Waals surface area contributed by atoms with Crippen LogP contribution in [-0.2, 0) is 0 Å². The van der Waals surface area contributed by atoms with E-state index in [1.807, 2.05) is 0 Å². The minimum absolute atomic E-state index is 0.862. The molecule has 0 unspecified atom stereocenters. The summed E-state index contributed by atoms with van der Waals surface area (Å²) in [6.07, 6.45) is 3.25. The van der Waals surface area contributed by atoms with Gasteiger partial charge in [-0.15, -0.1) is 0 Å². The van der Waals surface area contributed by atoms with E-state index in [2.05, 4.69) is 22.1 Å². The Morgan fingerprint density at radius 1 is 0.900 bits per heavy atom. The maximum absolute atomic E-state index is 4.03. The summed E-state index contributed by atoms with van der Waals surface area (Å²) in [5.74, 6) is 0. The lowest BCUT2D eigenvalue weighted by Gasteiger charge is -1.89. The molecule has 0 saturated heterocycles. The van der Waals surface area contributed by atoms with Crippen LogP contribution in [0.15, 0.2) is 24.5 Å². The van der Waals surface area contributed by atoms with E-state index < -0.39 is 0 Å². The quantitative estimate of drug-likeness (QED) is 0.533. The highest BCUT2D eigenvalue weighted by molar-refractivity contribution is 5.72. The van der Waals surface area contributed by atoms with Crippen molar-refractivity contribution in [1.82, 2.24) is 9.97 Å². The topological polar surface area (TPSA) is 25.8 Å². The largest absolute Gasteiger partial charge is 0.254 e. The number of nitrogens with zero attached hydrogens (tertiary/aromatic N) is 2. The van der Waals surface area contributed by atoms with Gasteiger partial charge in [0.05, 0.1) is 11.0 Å². The molecule has 2 rings (SSSR count). The van der Waals surface area contributed by atoms with Crippen LogP contribution in [0.4, 0.5) is 0 Å². The van der Waals surface area contributed by atoms with Crippen molar-refractivity contribution in [1.29, 1.82) is 0 Å². The zero-order chi connectivity index (χ0) is 6.81. The Balaban J connectivity index is 2.89. The summed E-state index contributed by atoms with van der Waals surface area (Å²) in [7, 11) is 0. The van der Waals surface area contributed by atoms with Crippen LogP contribution in [0.5, 0.6) is 0 Å². The minimum Gasteiger partial charge on any atom is -0.254 e. The number of aromatic nitrogens is 2. The summed E-state index contributed by atoms with van der Waals surface area (Å²) in [5.41, 5.74) is 1.72. The fourth-order valence-electron chi connectivity index (χ4n) is 0.801. The summed E-state index contributed by atoms with van der Waals surface area (Å²) in [4.78, 5) is 8.06. The van der Waals surface area contributed by atoms with Gasteiger partial charge >= 0.3 is 0 Å². The molecule has 2 heterocycles. The number of hydrogen-bond acceptors (Lipinski definition) is 2. The molecule has 2 radical (unpaired) electrons. The summed E-state index contributed by atoms with van der Waals surface area (Å²) >= 11 is 0. The van der Waals surface area contributed by atoms with E-state index in [4.69, 9.17) is 0 Å². The van der Waals surface area contributed by atoms with Crippen molar-refractivity contribution in [3.63, 3.8) is 0 Å². The van der Waals surface area contributed by atoms with Crippen molar-refractivity contribution in [2.75, 3.05) is 0 Å². The first-order chi connectivity index (χ1) is 4.97. The SMILES string of the molecule is [c]1cnc2c[c]cnc2c1. The Kier molecular flexibility index (Phi) is 1.10. The molecule has 0 spiro atoms. The highest BCUT2D eigenvalue weighted by Gasteiger charge is 1.88. The average molecular weight is 128 g/mol. The van der Waals surface area contributed by atoms with Crippen molar-refractivity contribution in [2.24, 2.45) is 0 Å². The Hall–Kier alpha value is -1.44. The molecule has 0 fully saturated rings. The fourth-order valence-corrected chi connectivity index (χ4v) is 0.801. The highest BCUT2D eigenvalue weighted by Crippen LogP contribution is 2.03. The van der Waals surface area contributed by atoms with Gasteiger partial charge in [0.15, 0.2) is 0 Å². The molecule has 0 saturated carbocycles. The molecule has 2 aromatic rings. The molecule has 10 heavy (non-hydrogen) atoms. The van der Waals surface area contributed by atoms with Crippen molar-refractivity contribution in [3.05, 3.63) is 36.7 Å². The number of pyridine rings is 2. The first kappa shape index (κ1) is 5.35. The van der Waals surface area contributed by atoms with E-state index in [1.165, 1.54) is 0 Å². The van der Waals surface area contributed by atoms with E-state index in [1.54, 1.807) is 24.5 Å². The minimum atomic E-state index is 0.862. The van der Waals surface area contributed by atoms with Gasteiger partial charge in [-0.2, -0.15) is 0 Å². The third-order valence-electron chi connectivity index (χ3n) is 1.26. The highest BCUT2D eigenvalue weighted by atomic mass is 14.7. The smallest absolute Gasteiger partial charge is 0.0893 e. The summed E-state index contributed by atoms with van der Waals surface area (Å²) in [6, 6.07) is 9.30. The Bertz CT molecular complexity index is 278. The number of hydrogen-bond donors (Lipinski definition) is 0. The van der Waals surface area contributed by atoms with Crippen LogP contribution >= 0.6 is 0 Å². The molecule has 2 aromatic heterocycles. The second kappa shape index (κ2) is 2.06. The zero-order valence-electron chi connectivity index (χ0n) is 5.20. The maximum Gasteiger partial charge on any atom is 0.0893 e. The molecule has 0 bridgehead atoms.